The number of hydrogen-bond acceptors (Lipinski definition) is 7. The van der Waals surface area contributed by atoms with E-state index in [1.54, 1.807) is 22.4 Å². The first-order valence-electron chi connectivity index (χ1n) is 10.4. The maximum absolute atomic E-state index is 13.8. The lowest BCUT2D eigenvalue weighted by Crippen LogP contribution is -2.49. The second-order valence-corrected chi connectivity index (χ2v) is 11.8. The first-order chi connectivity index (χ1) is 15.0. The number of hydrogen-bond donors (Lipinski definition) is 0. The number of carbonyl (C=O) groups is 1. The number of thiazole rings is 1. The molecule has 1 amide bonds. The number of thiophene rings is 1. The Labute approximate surface area is 189 Å². The molecule has 0 saturated carbocycles. The molecule has 2 unspecified atom stereocenters. The van der Waals surface area contributed by atoms with Crippen LogP contribution in [-0.2, 0) is 19.6 Å². The van der Waals surface area contributed by atoms with E-state index >= 15 is 0 Å². The number of amides is 1. The van der Waals surface area contributed by atoms with Crippen molar-refractivity contribution in [3.63, 3.8) is 0 Å². The molecule has 2 aliphatic heterocycles. The lowest BCUT2D eigenvalue weighted by Gasteiger charge is -2.29. The van der Waals surface area contributed by atoms with Gasteiger partial charge in [-0.15, -0.1) is 11.3 Å². The van der Waals surface area contributed by atoms with E-state index in [1.165, 1.54) is 27.0 Å². The summed E-state index contributed by atoms with van der Waals surface area (Å²) in [5, 5.41) is 2.34. The van der Waals surface area contributed by atoms with Crippen molar-refractivity contribution in [1.82, 2.24) is 9.29 Å². The van der Waals surface area contributed by atoms with Gasteiger partial charge in [0.1, 0.15) is 10.3 Å². The van der Waals surface area contributed by atoms with Crippen LogP contribution >= 0.6 is 22.7 Å². The van der Waals surface area contributed by atoms with E-state index in [2.05, 4.69) is 4.98 Å². The third kappa shape index (κ3) is 4.03. The van der Waals surface area contributed by atoms with E-state index in [0.29, 0.717) is 37.7 Å². The molecule has 2 saturated heterocycles. The highest BCUT2D eigenvalue weighted by Gasteiger charge is 2.43. The molecule has 4 heterocycles. The number of carbonyl (C=O) groups excluding carboxylic acids is 1. The van der Waals surface area contributed by atoms with Crippen LogP contribution < -0.4 is 4.90 Å². The molecule has 3 aromatic rings. The highest BCUT2D eigenvalue weighted by molar-refractivity contribution is 7.91. The number of fused-ring (bicyclic) bond motifs is 1. The average Bonchev–Trinajstić information content (AvgIpc) is 3.57. The normalized spacial score (nSPS) is 22.3. The first-order valence-corrected chi connectivity index (χ1v) is 13.5. The largest absolute Gasteiger partial charge is 0.376 e. The van der Waals surface area contributed by atoms with Gasteiger partial charge in [-0.3, -0.25) is 9.69 Å². The molecule has 0 radical (unpaired) electrons. The van der Waals surface area contributed by atoms with Crippen molar-refractivity contribution in [2.24, 2.45) is 0 Å². The fourth-order valence-corrected chi connectivity index (χ4v) is 7.96. The van der Waals surface area contributed by atoms with Crippen LogP contribution in [0.25, 0.3) is 10.2 Å². The Hall–Kier alpha value is -1.85. The number of anilines is 1. The van der Waals surface area contributed by atoms with Gasteiger partial charge in [-0.2, -0.15) is 4.31 Å². The standard InChI is InChI=1S/C21H23N3O4S3/c25-20(17-8-3-11-24(17)31(26,27)19-10-5-13-29-19)23(14-15-6-4-12-28-15)21-22-16-7-1-2-9-18(16)30-21/h1-2,5,7,9-10,13,15,17H,3-4,6,8,11-12,14H2. The molecule has 0 bridgehead atoms. The second kappa shape index (κ2) is 8.59. The van der Waals surface area contributed by atoms with Crippen LogP contribution in [0.1, 0.15) is 25.7 Å². The van der Waals surface area contributed by atoms with Gasteiger partial charge in [-0.05, 0) is 49.3 Å². The van der Waals surface area contributed by atoms with Crippen LogP contribution in [0.5, 0.6) is 0 Å². The van der Waals surface area contributed by atoms with Gasteiger partial charge < -0.3 is 4.74 Å². The fourth-order valence-electron chi connectivity index (χ4n) is 4.21. The molecule has 0 spiro atoms. The lowest BCUT2D eigenvalue weighted by molar-refractivity contribution is -0.122. The molecule has 1 aromatic carbocycles. The Bertz CT molecular complexity index is 1140. The minimum absolute atomic E-state index is 0.0558. The van der Waals surface area contributed by atoms with Crippen LogP contribution in [0.2, 0.25) is 0 Å². The van der Waals surface area contributed by atoms with Crippen molar-refractivity contribution < 1.29 is 17.9 Å². The number of ether oxygens (including phenoxy) is 1. The van der Waals surface area contributed by atoms with Crippen molar-refractivity contribution in [2.45, 2.75) is 42.0 Å². The van der Waals surface area contributed by atoms with E-state index < -0.39 is 16.1 Å². The molecular formula is C21H23N3O4S3. The van der Waals surface area contributed by atoms with Gasteiger partial charge >= 0.3 is 0 Å². The number of rotatable bonds is 6. The smallest absolute Gasteiger partial charge is 0.253 e. The van der Waals surface area contributed by atoms with Crippen molar-refractivity contribution in [3.05, 3.63) is 41.8 Å². The highest BCUT2D eigenvalue weighted by Crippen LogP contribution is 2.34. The Kier molecular flexibility index (Phi) is 5.82. The highest BCUT2D eigenvalue weighted by atomic mass is 32.2. The number of nitrogens with zero attached hydrogens (tertiary/aromatic N) is 3. The fraction of sp³-hybridized carbons (Fsp3) is 0.429. The van der Waals surface area contributed by atoms with Crippen LogP contribution in [0.3, 0.4) is 0 Å². The van der Waals surface area contributed by atoms with Gasteiger partial charge in [0.05, 0.1) is 22.9 Å². The predicted molar refractivity (Wildman–Crippen MR) is 122 cm³/mol. The van der Waals surface area contributed by atoms with Gasteiger partial charge in [0.15, 0.2) is 5.13 Å². The van der Waals surface area contributed by atoms with E-state index in [0.717, 1.165) is 23.1 Å². The van der Waals surface area contributed by atoms with Gasteiger partial charge in [0.2, 0.25) is 5.91 Å². The summed E-state index contributed by atoms with van der Waals surface area (Å²) in [6, 6.07) is 10.4. The predicted octanol–water partition coefficient (Wildman–Crippen LogP) is 3.72. The van der Waals surface area contributed by atoms with Crippen LogP contribution in [0.4, 0.5) is 5.13 Å². The first kappa shape index (κ1) is 21.0. The van der Waals surface area contributed by atoms with Crippen molar-refractivity contribution in [3.8, 4) is 0 Å². The van der Waals surface area contributed by atoms with Gasteiger partial charge in [0.25, 0.3) is 10.0 Å². The van der Waals surface area contributed by atoms with Crippen LogP contribution in [-0.4, -0.2) is 55.5 Å². The summed E-state index contributed by atoms with van der Waals surface area (Å²) < 4.78 is 34.8. The molecule has 0 aliphatic carbocycles. The lowest BCUT2D eigenvalue weighted by atomic mass is 10.2. The third-order valence-corrected chi connectivity index (χ3v) is 10.1. The maximum atomic E-state index is 13.8. The summed E-state index contributed by atoms with van der Waals surface area (Å²) in [4.78, 5) is 20.1. The molecule has 2 atom stereocenters. The summed E-state index contributed by atoms with van der Waals surface area (Å²) in [5.41, 5.74) is 0.835. The minimum Gasteiger partial charge on any atom is -0.376 e. The Morgan fingerprint density at radius 3 is 2.81 bits per heavy atom. The Morgan fingerprint density at radius 1 is 1.19 bits per heavy atom. The summed E-state index contributed by atoms with van der Waals surface area (Å²) in [6.07, 6.45) is 2.97. The van der Waals surface area contributed by atoms with E-state index in [9.17, 15) is 13.2 Å². The summed E-state index contributed by atoms with van der Waals surface area (Å²) >= 11 is 2.63. The molecule has 5 rings (SSSR count). The van der Waals surface area contributed by atoms with Gasteiger partial charge in [-0.25, -0.2) is 13.4 Å². The third-order valence-electron chi connectivity index (χ3n) is 5.74. The molecule has 2 aliphatic rings. The zero-order valence-electron chi connectivity index (χ0n) is 16.8. The zero-order valence-corrected chi connectivity index (χ0v) is 19.3. The summed E-state index contributed by atoms with van der Waals surface area (Å²) in [6.45, 7) is 1.43. The zero-order chi connectivity index (χ0) is 21.4. The molecule has 7 nitrogen and oxygen atoms in total. The van der Waals surface area contributed by atoms with E-state index in [4.69, 9.17) is 4.74 Å². The van der Waals surface area contributed by atoms with E-state index in [1.807, 2.05) is 24.3 Å². The topological polar surface area (TPSA) is 79.8 Å². The maximum Gasteiger partial charge on any atom is 0.253 e. The molecule has 164 valence electrons. The summed E-state index contributed by atoms with van der Waals surface area (Å²) in [7, 11) is -3.70. The van der Waals surface area contributed by atoms with E-state index in [-0.39, 0.29) is 16.2 Å². The second-order valence-electron chi connectivity index (χ2n) is 7.75. The Balaban J connectivity index is 1.48. The van der Waals surface area contributed by atoms with Crippen LogP contribution in [0.15, 0.2) is 46.0 Å². The SMILES string of the molecule is O=C(C1CCCN1S(=O)(=O)c1cccs1)N(CC1CCCO1)c1nc2ccccc2s1. The molecule has 31 heavy (non-hydrogen) atoms. The number of sulfonamides is 1. The molecule has 10 heteroatoms. The van der Waals surface area contributed by atoms with Crippen LogP contribution in [0, 0.1) is 0 Å². The molecule has 2 aromatic heterocycles. The quantitative estimate of drug-likeness (QED) is 0.541. The monoisotopic (exact) mass is 477 g/mol. The molecule has 2 fully saturated rings. The Morgan fingerprint density at radius 2 is 2.06 bits per heavy atom. The minimum atomic E-state index is -3.70. The van der Waals surface area contributed by atoms with Gasteiger partial charge in [-0.1, -0.05) is 29.5 Å². The van der Waals surface area contributed by atoms with Crippen molar-refractivity contribution >= 4 is 54.0 Å². The number of para-hydroxylation sites is 1. The number of benzene rings is 1. The molecule has 0 N–H and O–H groups in total. The van der Waals surface area contributed by atoms with Crippen molar-refractivity contribution in [2.75, 3.05) is 24.6 Å². The average molecular weight is 478 g/mol. The number of aromatic nitrogens is 1. The van der Waals surface area contributed by atoms with Gasteiger partial charge in [0, 0.05) is 13.2 Å². The van der Waals surface area contributed by atoms with Crippen molar-refractivity contribution in [1.29, 1.82) is 0 Å². The summed E-state index contributed by atoms with van der Waals surface area (Å²) in [5.74, 6) is -0.216. The molecular weight excluding hydrogens is 454 g/mol.